The topological polar surface area (TPSA) is 40.5 Å². The predicted molar refractivity (Wildman–Crippen MR) is 148 cm³/mol. The second-order valence-corrected chi connectivity index (χ2v) is 16.4. The van der Waals surface area contributed by atoms with Crippen LogP contribution in [0.4, 0.5) is 0 Å². The summed E-state index contributed by atoms with van der Waals surface area (Å²) >= 11 is 0. The van der Waals surface area contributed by atoms with Crippen molar-refractivity contribution in [2.24, 2.45) is 45.3 Å². The normalized spacial score (nSPS) is 32.1. The standard InChI is InChI=1S/C32H62O2/c1-29(2,3)17-15-23-12-14-27(33)26(21-23)32(9,10)20-19-31(7,8)25-13-11-24(22-28(25)34)16-18-30(4,5)6/h23-28,33-34H,11-22H2,1-10H3. The molecule has 0 radical (unpaired) electrons. The van der Waals surface area contributed by atoms with Crippen LogP contribution in [-0.2, 0) is 0 Å². The number of hydrogen-bond donors (Lipinski definition) is 2. The zero-order chi connectivity index (χ0) is 25.9. The molecule has 0 aromatic heterocycles. The third-order valence-corrected chi connectivity index (χ3v) is 9.87. The first-order valence-corrected chi connectivity index (χ1v) is 14.8. The lowest BCUT2D eigenvalue weighted by Gasteiger charge is -2.47. The molecule has 0 aliphatic heterocycles. The van der Waals surface area contributed by atoms with Crippen molar-refractivity contribution >= 4 is 0 Å². The molecule has 2 aliphatic carbocycles. The van der Waals surface area contributed by atoms with E-state index < -0.39 is 0 Å². The number of hydrogen-bond acceptors (Lipinski definition) is 2. The monoisotopic (exact) mass is 478 g/mol. The van der Waals surface area contributed by atoms with E-state index in [1.54, 1.807) is 0 Å². The molecule has 2 N–H and O–H groups in total. The van der Waals surface area contributed by atoms with E-state index in [1.165, 1.54) is 51.4 Å². The molecule has 6 atom stereocenters. The summed E-state index contributed by atoms with van der Waals surface area (Å²) in [5.74, 6) is 2.27. The summed E-state index contributed by atoms with van der Waals surface area (Å²) in [4.78, 5) is 0. The van der Waals surface area contributed by atoms with E-state index in [0.29, 0.717) is 28.6 Å². The van der Waals surface area contributed by atoms with E-state index in [1.807, 2.05) is 0 Å². The van der Waals surface area contributed by atoms with Gasteiger partial charge in [-0.1, -0.05) is 69.2 Å². The molecular weight excluding hydrogens is 416 g/mol. The van der Waals surface area contributed by atoms with Gasteiger partial charge in [0.2, 0.25) is 0 Å². The maximum atomic E-state index is 11.1. The molecule has 0 saturated heterocycles. The first-order chi connectivity index (χ1) is 15.4. The van der Waals surface area contributed by atoms with Gasteiger partial charge in [0.1, 0.15) is 0 Å². The highest BCUT2D eigenvalue weighted by atomic mass is 16.3. The minimum Gasteiger partial charge on any atom is -0.393 e. The molecule has 0 aromatic carbocycles. The largest absolute Gasteiger partial charge is 0.393 e. The van der Waals surface area contributed by atoms with Gasteiger partial charge in [-0.15, -0.1) is 0 Å². The van der Waals surface area contributed by atoms with Crippen molar-refractivity contribution in [2.75, 3.05) is 0 Å². The summed E-state index contributed by atoms with van der Waals surface area (Å²) in [6.45, 7) is 23.6. The first-order valence-electron chi connectivity index (χ1n) is 14.8. The molecule has 6 unspecified atom stereocenters. The van der Waals surface area contributed by atoms with Crippen molar-refractivity contribution in [1.29, 1.82) is 0 Å². The maximum absolute atomic E-state index is 11.1. The molecule has 0 bridgehead atoms. The third-order valence-electron chi connectivity index (χ3n) is 9.87. The Labute approximate surface area is 214 Å². The van der Waals surface area contributed by atoms with Gasteiger partial charge >= 0.3 is 0 Å². The lowest BCUT2D eigenvalue weighted by molar-refractivity contribution is -0.0448. The van der Waals surface area contributed by atoms with Crippen LogP contribution in [0.15, 0.2) is 0 Å². The molecule has 2 fully saturated rings. The summed E-state index contributed by atoms with van der Waals surface area (Å²) in [6, 6.07) is 0. The zero-order valence-corrected chi connectivity index (χ0v) is 24.8. The van der Waals surface area contributed by atoms with Gasteiger partial charge < -0.3 is 10.2 Å². The summed E-state index contributed by atoms with van der Waals surface area (Å²) in [7, 11) is 0. The summed E-state index contributed by atoms with van der Waals surface area (Å²) in [5.41, 5.74) is 1.09. The van der Waals surface area contributed by atoms with Gasteiger partial charge in [0.15, 0.2) is 0 Å². The molecule has 202 valence electrons. The highest BCUT2D eigenvalue weighted by Crippen LogP contribution is 2.50. The molecule has 2 heteroatoms. The number of aliphatic hydroxyl groups is 2. The highest BCUT2D eigenvalue weighted by molar-refractivity contribution is 4.93. The Morgan fingerprint density at radius 1 is 0.500 bits per heavy atom. The maximum Gasteiger partial charge on any atom is 0.0576 e. The molecule has 2 saturated carbocycles. The quantitative estimate of drug-likeness (QED) is 0.347. The SMILES string of the molecule is CC(C)(C)CCC1CCC(C(C)(C)CCC(C)(C)C2CC(CCC(C)(C)C)CCC2O)C(O)C1. The molecular formula is C32H62O2. The fourth-order valence-corrected chi connectivity index (χ4v) is 7.04. The second-order valence-electron chi connectivity index (χ2n) is 16.4. The van der Waals surface area contributed by atoms with Gasteiger partial charge in [-0.3, -0.25) is 0 Å². The fourth-order valence-electron chi connectivity index (χ4n) is 7.04. The highest BCUT2D eigenvalue weighted by Gasteiger charge is 2.43. The smallest absolute Gasteiger partial charge is 0.0576 e. The minimum atomic E-state index is -0.154. The molecule has 34 heavy (non-hydrogen) atoms. The van der Waals surface area contributed by atoms with Crippen LogP contribution in [-0.4, -0.2) is 22.4 Å². The van der Waals surface area contributed by atoms with Crippen LogP contribution in [0.3, 0.4) is 0 Å². The Kier molecular flexibility index (Phi) is 10.2. The van der Waals surface area contributed by atoms with Crippen LogP contribution in [0, 0.1) is 45.3 Å². The van der Waals surface area contributed by atoms with E-state index in [9.17, 15) is 10.2 Å². The Morgan fingerprint density at radius 2 is 0.941 bits per heavy atom. The van der Waals surface area contributed by atoms with Crippen LogP contribution >= 0.6 is 0 Å². The predicted octanol–water partition coefficient (Wildman–Crippen LogP) is 9.03. The Morgan fingerprint density at radius 3 is 1.41 bits per heavy atom. The minimum absolute atomic E-state index is 0.145. The summed E-state index contributed by atoms with van der Waals surface area (Å²) < 4.78 is 0. The van der Waals surface area contributed by atoms with Crippen molar-refractivity contribution in [3.05, 3.63) is 0 Å². The second kappa shape index (κ2) is 11.5. The van der Waals surface area contributed by atoms with E-state index in [4.69, 9.17) is 0 Å². The van der Waals surface area contributed by atoms with Crippen molar-refractivity contribution in [3.8, 4) is 0 Å². The van der Waals surface area contributed by atoms with Gasteiger partial charge in [0.25, 0.3) is 0 Å². The van der Waals surface area contributed by atoms with Gasteiger partial charge in [-0.2, -0.15) is 0 Å². The van der Waals surface area contributed by atoms with Crippen LogP contribution in [0.5, 0.6) is 0 Å². The lowest BCUT2D eigenvalue weighted by atomic mass is 9.60. The molecule has 2 rings (SSSR count). The van der Waals surface area contributed by atoms with E-state index in [2.05, 4.69) is 69.2 Å². The van der Waals surface area contributed by atoms with E-state index in [0.717, 1.165) is 31.6 Å². The summed E-state index contributed by atoms with van der Waals surface area (Å²) in [6.07, 6.45) is 13.9. The first kappa shape index (κ1) is 30.1. The van der Waals surface area contributed by atoms with Gasteiger partial charge in [-0.25, -0.2) is 0 Å². The average molecular weight is 479 g/mol. The van der Waals surface area contributed by atoms with Crippen LogP contribution in [0.1, 0.15) is 146 Å². The van der Waals surface area contributed by atoms with Crippen molar-refractivity contribution in [1.82, 2.24) is 0 Å². The molecule has 0 spiro atoms. The van der Waals surface area contributed by atoms with Crippen molar-refractivity contribution in [2.45, 2.75) is 158 Å². The molecule has 0 amide bonds. The average Bonchev–Trinajstić information content (AvgIpc) is 2.69. The molecule has 2 nitrogen and oxygen atoms in total. The summed E-state index contributed by atoms with van der Waals surface area (Å²) in [5, 5.41) is 22.1. The van der Waals surface area contributed by atoms with Crippen molar-refractivity contribution in [3.63, 3.8) is 0 Å². The third kappa shape index (κ3) is 9.42. The van der Waals surface area contributed by atoms with Crippen LogP contribution in [0.25, 0.3) is 0 Å². The van der Waals surface area contributed by atoms with Gasteiger partial charge in [0, 0.05) is 0 Å². The zero-order valence-electron chi connectivity index (χ0n) is 24.8. The molecule has 0 heterocycles. The Hall–Kier alpha value is -0.0800. The van der Waals surface area contributed by atoms with E-state index >= 15 is 0 Å². The van der Waals surface area contributed by atoms with Crippen molar-refractivity contribution < 1.29 is 10.2 Å². The van der Waals surface area contributed by atoms with E-state index in [-0.39, 0.29) is 23.0 Å². The Bertz CT molecular complexity index is 605. The number of rotatable bonds is 9. The fraction of sp³-hybridized carbons (Fsp3) is 1.00. The number of aliphatic hydroxyl groups excluding tert-OH is 2. The van der Waals surface area contributed by atoms with Gasteiger partial charge in [0.05, 0.1) is 12.2 Å². The Balaban J connectivity index is 1.91. The van der Waals surface area contributed by atoms with Crippen LogP contribution < -0.4 is 0 Å². The molecule has 2 aliphatic rings. The van der Waals surface area contributed by atoms with Crippen LogP contribution in [0.2, 0.25) is 0 Å². The lowest BCUT2D eigenvalue weighted by Crippen LogP contribution is -2.42. The molecule has 0 aromatic rings. The van der Waals surface area contributed by atoms with Gasteiger partial charge in [-0.05, 0) is 122 Å².